The van der Waals surface area contributed by atoms with Gasteiger partial charge in [-0.1, -0.05) is 18.0 Å². The minimum absolute atomic E-state index is 0.355. The standard InChI is InChI=1S/C10H11ClO2S/c11-9-8(10(12)13)6-4-2-1-3-5-7(6)14-9/h1-5H2,(H,12,13). The summed E-state index contributed by atoms with van der Waals surface area (Å²) in [4.78, 5) is 12.2. The minimum atomic E-state index is -0.880. The second kappa shape index (κ2) is 3.91. The average Bonchev–Trinajstić information content (AvgIpc) is 2.31. The third-order valence-electron chi connectivity index (χ3n) is 2.59. The molecule has 2 rings (SSSR count). The second-order valence-corrected chi connectivity index (χ2v) is 5.23. The van der Waals surface area contributed by atoms with E-state index in [1.165, 1.54) is 22.6 Å². The first-order chi connectivity index (χ1) is 6.70. The molecule has 0 aliphatic heterocycles. The summed E-state index contributed by atoms with van der Waals surface area (Å²) < 4.78 is 0.449. The van der Waals surface area contributed by atoms with Crippen LogP contribution in [0.2, 0.25) is 4.34 Å². The summed E-state index contributed by atoms with van der Waals surface area (Å²) in [5, 5.41) is 9.02. The van der Waals surface area contributed by atoms with Crippen LogP contribution in [0.25, 0.3) is 0 Å². The maximum Gasteiger partial charge on any atom is 0.338 e. The Morgan fingerprint density at radius 3 is 2.71 bits per heavy atom. The Hall–Kier alpha value is -0.540. The lowest BCUT2D eigenvalue weighted by Gasteiger charge is -1.99. The van der Waals surface area contributed by atoms with Gasteiger partial charge in [0.1, 0.15) is 4.34 Å². The van der Waals surface area contributed by atoms with Crippen LogP contribution < -0.4 is 0 Å². The van der Waals surface area contributed by atoms with Crippen molar-refractivity contribution < 1.29 is 9.90 Å². The van der Waals surface area contributed by atoms with E-state index in [2.05, 4.69) is 0 Å². The first kappa shape index (κ1) is 9.99. The van der Waals surface area contributed by atoms with Crippen molar-refractivity contribution in [2.24, 2.45) is 0 Å². The van der Waals surface area contributed by atoms with Crippen LogP contribution in [0.3, 0.4) is 0 Å². The summed E-state index contributed by atoms with van der Waals surface area (Å²) in [6, 6.07) is 0. The normalized spacial score (nSPS) is 16.1. The third-order valence-corrected chi connectivity index (χ3v) is 4.09. The lowest BCUT2D eigenvalue weighted by molar-refractivity contribution is 0.0696. The number of carbonyl (C=O) groups is 1. The molecule has 14 heavy (non-hydrogen) atoms. The van der Waals surface area contributed by atoms with Crippen LogP contribution in [0.15, 0.2) is 0 Å². The number of rotatable bonds is 1. The fourth-order valence-corrected chi connectivity index (χ4v) is 3.50. The quantitative estimate of drug-likeness (QED) is 0.752. The summed E-state index contributed by atoms with van der Waals surface area (Å²) in [5.41, 5.74) is 1.35. The maximum absolute atomic E-state index is 11.0. The molecular weight excluding hydrogens is 220 g/mol. The zero-order valence-corrected chi connectivity index (χ0v) is 9.25. The van der Waals surface area contributed by atoms with Crippen molar-refractivity contribution in [1.82, 2.24) is 0 Å². The molecule has 0 saturated carbocycles. The molecule has 1 aliphatic carbocycles. The summed E-state index contributed by atoms with van der Waals surface area (Å²) in [7, 11) is 0. The lowest BCUT2D eigenvalue weighted by atomic mass is 10.1. The molecule has 0 bridgehead atoms. The molecule has 1 N–H and O–H groups in total. The molecule has 0 radical (unpaired) electrons. The zero-order chi connectivity index (χ0) is 10.1. The van der Waals surface area contributed by atoms with Crippen molar-refractivity contribution in [3.05, 3.63) is 20.3 Å². The summed E-state index contributed by atoms with van der Waals surface area (Å²) in [6.07, 6.45) is 5.30. The Bertz CT molecular complexity index is 370. The van der Waals surface area contributed by atoms with Gasteiger partial charge in [-0.3, -0.25) is 0 Å². The van der Waals surface area contributed by atoms with Gasteiger partial charge in [-0.15, -0.1) is 11.3 Å². The minimum Gasteiger partial charge on any atom is -0.478 e. The van der Waals surface area contributed by atoms with E-state index in [1.807, 2.05) is 0 Å². The van der Waals surface area contributed by atoms with E-state index < -0.39 is 5.97 Å². The second-order valence-electron chi connectivity index (χ2n) is 3.52. The smallest absolute Gasteiger partial charge is 0.338 e. The van der Waals surface area contributed by atoms with Crippen LogP contribution >= 0.6 is 22.9 Å². The van der Waals surface area contributed by atoms with Gasteiger partial charge in [0.2, 0.25) is 0 Å². The van der Waals surface area contributed by atoms with Gasteiger partial charge in [0, 0.05) is 4.88 Å². The van der Waals surface area contributed by atoms with Gasteiger partial charge < -0.3 is 5.11 Å². The molecule has 0 fully saturated rings. The first-order valence-corrected chi connectivity index (χ1v) is 5.93. The van der Waals surface area contributed by atoms with Crippen LogP contribution in [0.5, 0.6) is 0 Å². The molecule has 76 valence electrons. The van der Waals surface area contributed by atoms with Crippen molar-refractivity contribution in [2.45, 2.75) is 32.1 Å². The molecule has 1 heterocycles. The molecule has 1 aromatic heterocycles. The molecular formula is C10H11ClO2S. The van der Waals surface area contributed by atoms with E-state index in [-0.39, 0.29) is 0 Å². The van der Waals surface area contributed by atoms with E-state index >= 15 is 0 Å². The summed E-state index contributed by atoms with van der Waals surface area (Å²) in [5.74, 6) is -0.880. The van der Waals surface area contributed by atoms with Crippen LogP contribution in [-0.4, -0.2) is 11.1 Å². The highest BCUT2D eigenvalue weighted by Gasteiger charge is 2.22. The highest BCUT2D eigenvalue weighted by molar-refractivity contribution is 7.16. The summed E-state index contributed by atoms with van der Waals surface area (Å²) in [6.45, 7) is 0. The third kappa shape index (κ3) is 1.66. The molecule has 0 atom stereocenters. The predicted octanol–water partition coefficient (Wildman–Crippen LogP) is 3.37. The number of halogens is 1. The monoisotopic (exact) mass is 230 g/mol. The number of carboxylic acids is 1. The molecule has 2 nitrogen and oxygen atoms in total. The average molecular weight is 231 g/mol. The Morgan fingerprint density at radius 2 is 2.00 bits per heavy atom. The highest BCUT2D eigenvalue weighted by atomic mass is 35.5. The van der Waals surface area contributed by atoms with Gasteiger partial charge >= 0.3 is 5.97 Å². The number of aryl methyl sites for hydroxylation is 1. The van der Waals surface area contributed by atoms with Crippen LogP contribution in [0.1, 0.15) is 40.1 Å². The SMILES string of the molecule is O=C(O)c1c(Cl)sc2c1CCCCC2. The summed E-state index contributed by atoms with van der Waals surface area (Å²) >= 11 is 7.36. The van der Waals surface area contributed by atoms with E-state index in [0.29, 0.717) is 9.90 Å². The van der Waals surface area contributed by atoms with Crippen molar-refractivity contribution in [3.63, 3.8) is 0 Å². The Labute approximate surface area is 91.5 Å². The van der Waals surface area contributed by atoms with Crippen molar-refractivity contribution >= 4 is 28.9 Å². The molecule has 0 aromatic carbocycles. The predicted molar refractivity (Wildman–Crippen MR) is 57.5 cm³/mol. The number of thiophene rings is 1. The fourth-order valence-electron chi connectivity index (χ4n) is 1.92. The highest BCUT2D eigenvalue weighted by Crippen LogP contribution is 2.36. The van der Waals surface area contributed by atoms with Gasteiger partial charge in [0.05, 0.1) is 5.56 Å². The molecule has 1 aromatic rings. The van der Waals surface area contributed by atoms with Crippen molar-refractivity contribution in [2.75, 3.05) is 0 Å². The lowest BCUT2D eigenvalue weighted by Crippen LogP contribution is -2.00. The van der Waals surface area contributed by atoms with Gasteiger partial charge in [-0.2, -0.15) is 0 Å². The number of aromatic carboxylic acids is 1. The van der Waals surface area contributed by atoms with Gasteiger partial charge in [0.25, 0.3) is 0 Å². The molecule has 1 aliphatic rings. The molecule has 0 amide bonds. The van der Waals surface area contributed by atoms with Crippen LogP contribution in [-0.2, 0) is 12.8 Å². The molecule has 0 unspecified atom stereocenters. The van der Waals surface area contributed by atoms with E-state index in [0.717, 1.165) is 31.2 Å². The Morgan fingerprint density at radius 1 is 1.29 bits per heavy atom. The zero-order valence-electron chi connectivity index (χ0n) is 7.68. The number of hydrogen-bond donors (Lipinski definition) is 1. The van der Waals surface area contributed by atoms with Gasteiger partial charge in [0.15, 0.2) is 0 Å². The first-order valence-electron chi connectivity index (χ1n) is 4.73. The van der Waals surface area contributed by atoms with Gasteiger partial charge in [-0.25, -0.2) is 4.79 Å². The van der Waals surface area contributed by atoms with Crippen molar-refractivity contribution in [1.29, 1.82) is 0 Å². The molecule has 0 saturated heterocycles. The van der Waals surface area contributed by atoms with Crippen molar-refractivity contribution in [3.8, 4) is 0 Å². The van der Waals surface area contributed by atoms with E-state index in [4.69, 9.17) is 16.7 Å². The number of hydrogen-bond acceptors (Lipinski definition) is 2. The maximum atomic E-state index is 11.0. The number of fused-ring (bicyclic) bond motifs is 1. The fraction of sp³-hybridized carbons (Fsp3) is 0.500. The number of carboxylic acid groups (broad SMARTS) is 1. The molecule has 0 spiro atoms. The van der Waals surface area contributed by atoms with Gasteiger partial charge in [-0.05, 0) is 31.2 Å². The van der Waals surface area contributed by atoms with Crippen LogP contribution in [0.4, 0.5) is 0 Å². The Kier molecular flexibility index (Phi) is 2.79. The van der Waals surface area contributed by atoms with Crippen LogP contribution in [0, 0.1) is 0 Å². The van der Waals surface area contributed by atoms with E-state index in [9.17, 15) is 4.79 Å². The molecule has 4 heteroatoms. The Balaban J connectivity index is 2.49. The largest absolute Gasteiger partial charge is 0.478 e. The van der Waals surface area contributed by atoms with E-state index in [1.54, 1.807) is 0 Å². The topological polar surface area (TPSA) is 37.3 Å².